The van der Waals surface area contributed by atoms with Gasteiger partial charge in [-0.3, -0.25) is 15.0 Å². The van der Waals surface area contributed by atoms with Gasteiger partial charge in [0.1, 0.15) is 17.7 Å². The van der Waals surface area contributed by atoms with Gasteiger partial charge >= 0.3 is 0 Å². The van der Waals surface area contributed by atoms with E-state index in [4.69, 9.17) is 5.73 Å². The third kappa shape index (κ3) is 6.39. The second kappa shape index (κ2) is 12.1. The summed E-state index contributed by atoms with van der Waals surface area (Å²) in [6, 6.07) is 0. The molecule has 1 unspecified atom stereocenters. The Bertz CT molecular complexity index is 762. The van der Waals surface area contributed by atoms with Gasteiger partial charge in [-0.15, -0.1) is 0 Å². The van der Waals surface area contributed by atoms with Gasteiger partial charge in [0.2, 0.25) is 5.91 Å². The average molecular weight is 443 g/mol. The fourth-order valence-electron chi connectivity index (χ4n) is 4.45. The lowest BCUT2D eigenvalue weighted by molar-refractivity contribution is -0.122. The number of likely N-dealkylation sites (tertiary alicyclic amines) is 1. The number of nitrogens with zero attached hydrogens (tertiary/aromatic N) is 3. The number of amides is 1. The van der Waals surface area contributed by atoms with Crippen molar-refractivity contribution in [2.75, 3.05) is 46.3 Å². The lowest BCUT2D eigenvalue weighted by Crippen LogP contribution is -2.54. The Labute approximate surface area is 194 Å². The summed E-state index contributed by atoms with van der Waals surface area (Å²) < 4.78 is 0. The molecule has 2 fully saturated rings. The number of hydrogen-bond acceptors (Lipinski definition) is 6. The molecule has 1 amide bonds. The number of hydrogen-bond donors (Lipinski definition) is 3. The fourth-order valence-corrected chi connectivity index (χ4v) is 4.45. The Balaban J connectivity index is 1.77. The molecule has 3 aliphatic rings. The van der Waals surface area contributed by atoms with E-state index in [2.05, 4.69) is 58.6 Å². The summed E-state index contributed by atoms with van der Waals surface area (Å²) in [5.41, 5.74) is 9.47. The van der Waals surface area contributed by atoms with Crippen LogP contribution in [0.1, 0.15) is 52.4 Å². The van der Waals surface area contributed by atoms with Gasteiger partial charge in [-0.2, -0.15) is 0 Å². The van der Waals surface area contributed by atoms with Crippen LogP contribution in [0.4, 0.5) is 0 Å². The fraction of sp³-hybridized carbons (Fsp3) is 0.640. The molecule has 0 saturated carbocycles. The first-order chi connectivity index (χ1) is 15.5. The highest BCUT2D eigenvalue weighted by Gasteiger charge is 2.33. The SMILES string of the molecule is CCC/C=C(\C=C\CN1CCCC1)CN1CC(=O)NC2=C(N)N(C)C(NCCCC)C=C21. The van der Waals surface area contributed by atoms with Crippen LogP contribution in [0, 0.1) is 0 Å². The molecule has 32 heavy (non-hydrogen) atoms. The Morgan fingerprint density at radius 2 is 2.06 bits per heavy atom. The number of nitrogens with two attached hydrogens (primary N) is 1. The summed E-state index contributed by atoms with van der Waals surface area (Å²) in [6.07, 6.45) is 16.1. The van der Waals surface area contributed by atoms with Crippen LogP contribution >= 0.6 is 0 Å². The van der Waals surface area contributed by atoms with Gasteiger partial charge < -0.3 is 20.9 Å². The predicted octanol–water partition coefficient (Wildman–Crippen LogP) is 2.47. The minimum atomic E-state index is -0.0122. The molecule has 1 atom stereocenters. The molecule has 0 aromatic carbocycles. The molecule has 0 spiro atoms. The second-order valence-corrected chi connectivity index (χ2v) is 9.06. The van der Waals surface area contributed by atoms with Gasteiger partial charge in [0.15, 0.2) is 0 Å². The van der Waals surface area contributed by atoms with Gasteiger partial charge in [-0.1, -0.05) is 44.9 Å². The largest absolute Gasteiger partial charge is 0.384 e. The summed E-state index contributed by atoms with van der Waals surface area (Å²) in [5.74, 6) is 0.597. The maximum atomic E-state index is 12.5. The van der Waals surface area contributed by atoms with Gasteiger partial charge in [-0.05, 0) is 57.0 Å². The van der Waals surface area contributed by atoms with Crippen molar-refractivity contribution in [3.63, 3.8) is 0 Å². The number of rotatable bonds is 11. The molecule has 3 heterocycles. The maximum absolute atomic E-state index is 12.5. The van der Waals surface area contributed by atoms with Crippen molar-refractivity contribution in [3.05, 3.63) is 47.1 Å². The van der Waals surface area contributed by atoms with E-state index < -0.39 is 0 Å². The summed E-state index contributed by atoms with van der Waals surface area (Å²) in [7, 11) is 1.97. The number of allylic oxidation sites excluding steroid dienone is 1. The second-order valence-electron chi connectivity index (χ2n) is 9.06. The molecule has 2 saturated heterocycles. The third-order valence-electron chi connectivity index (χ3n) is 6.41. The van der Waals surface area contributed by atoms with Crippen LogP contribution in [0.15, 0.2) is 47.1 Å². The van der Waals surface area contributed by atoms with E-state index in [1.807, 2.05) is 11.9 Å². The van der Waals surface area contributed by atoms with Crippen LogP contribution < -0.4 is 16.4 Å². The first-order valence-electron chi connectivity index (χ1n) is 12.3. The molecule has 0 aromatic rings. The quantitative estimate of drug-likeness (QED) is 0.337. The number of likely N-dealkylation sites (N-methyl/N-ethyl adjacent to an activating group) is 1. The van der Waals surface area contributed by atoms with E-state index in [1.165, 1.54) is 31.5 Å². The summed E-state index contributed by atoms with van der Waals surface area (Å²) in [4.78, 5) is 19.2. The molecule has 4 N–H and O–H groups in total. The lowest BCUT2D eigenvalue weighted by Gasteiger charge is -2.41. The van der Waals surface area contributed by atoms with Crippen molar-refractivity contribution in [2.45, 2.75) is 58.5 Å². The molecule has 7 heteroatoms. The predicted molar refractivity (Wildman–Crippen MR) is 131 cm³/mol. The zero-order valence-corrected chi connectivity index (χ0v) is 20.2. The molecule has 178 valence electrons. The Morgan fingerprint density at radius 3 is 2.78 bits per heavy atom. The molecule has 0 radical (unpaired) electrons. The normalized spacial score (nSPS) is 22.6. The number of carbonyl (C=O) groups excluding carboxylic acids is 1. The topological polar surface area (TPSA) is 76.9 Å². The Hall–Kier alpha value is -2.25. The van der Waals surface area contributed by atoms with Crippen molar-refractivity contribution in [1.29, 1.82) is 0 Å². The molecular formula is C25H42N6O. The average Bonchev–Trinajstić information content (AvgIpc) is 3.29. The smallest absolute Gasteiger partial charge is 0.244 e. The lowest BCUT2D eigenvalue weighted by atomic mass is 10.1. The molecule has 0 bridgehead atoms. The van der Waals surface area contributed by atoms with E-state index in [9.17, 15) is 4.79 Å². The van der Waals surface area contributed by atoms with Crippen molar-refractivity contribution in [1.82, 2.24) is 25.3 Å². The van der Waals surface area contributed by atoms with Crippen molar-refractivity contribution in [2.24, 2.45) is 5.73 Å². The molecule has 7 nitrogen and oxygen atoms in total. The highest BCUT2D eigenvalue weighted by molar-refractivity contribution is 5.83. The maximum Gasteiger partial charge on any atom is 0.244 e. The van der Waals surface area contributed by atoms with E-state index in [0.29, 0.717) is 18.9 Å². The molecule has 0 aliphatic carbocycles. The zero-order valence-electron chi connectivity index (χ0n) is 20.2. The Kier molecular flexibility index (Phi) is 9.23. The number of carbonyl (C=O) groups is 1. The monoisotopic (exact) mass is 442 g/mol. The van der Waals surface area contributed by atoms with Crippen LogP contribution in [-0.2, 0) is 4.79 Å². The molecule has 3 aliphatic heterocycles. The van der Waals surface area contributed by atoms with Gasteiger partial charge in [0, 0.05) is 20.1 Å². The van der Waals surface area contributed by atoms with Crippen molar-refractivity contribution in [3.8, 4) is 0 Å². The van der Waals surface area contributed by atoms with E-state index >= 15 is 0 Å². The van der Waals surface area contributed by atoms with Gasteiger partial charge in [0.25, 0.3) is 0 Å². The molecule has 0 aromatic heterocycles. The summed E-state index contributed by atoms with van der Waals surface area (Å²) >= 11 is 0. The number of nitrogens with one attached hydrogen (secondary N) is 2. The van der Waals surface area contributed by atoms with Gasteiger partial charge in [-0.25, -0.2) is 0 Å². The van der Waals surface area contributed by atoms with Crippen LogP contribution in [0.5, 0.6) is 0 Å². The highest BCUT2D eigenvalue weighted by Crippen LogP contribution is 2.27. The first-order valence-corrected chi connectivity index (χ1v) is 12.3. The third-order valence-corrected chi connectivity index (χ3v) is 6.41. The van der Waals surface area contributed by atoms with Crippen molar-refractivity contribution >= 4 is 5.91 Å². The summed E-state index contributed by atoms with van der Waals surface area (Å²) in [6.45, 7) is 9.77. The first kappa shape index (κ1) is 24.4. The zero-order chi connectivity index (χ0) is 22.9. The van der Waals surface area contributed by atoms with Crippen LogP contribution in [-0.4, -0.2) is 73.1 Å². The number of piperazine rings is 1. The van der Waals surface area contributed by atoms with E-state index in [-0.39, 0.29) is 12.1 Å². The number of fused-ring (bicyclic) bond motifs is 1. The molecular weight excluding hydrogens is 400 g/mol. The van der Waals surface area contributed by atoms with Crippen LogP contribution in [0.25, 0.3) is 0 Å². The summed E-state index contributed by atoms with van der Waals surface area (Å²) in [5, 5.41) is 6.59. The Morgan fingerprint density at radius 1 is 1.28 bits per heavy atom. The minimum Gasteiger partial charge on any atom is -0.384 e. The van der Waals surface area contributed by atoms with Gasteiger partial charge in [0.05, 0.1) is 12.2 Å². The minimum absolute atomic E-state index is 0.0122. The number of unbranched alkanes of at least 4 members (excludes halogenated alkanes) is 2. The van der Waals surface area contributed by atoms with Crippen LogP contribution in [0.3, 0.4) is 0 Å². The molecule has 3 rings (SSSR count). The van der Waals surface area contributed by atoms with E-state index in [0.717, 1.165) is 50.2 Å². The standard InChI is InChI=1S/C25H42N6O/c1-4-6-11-20(12-10-16-30-14-8-9-15-30)18-31-19-23(32)28-24-21(31)17-22(27-13-7-5-2)29(3)25(24)26/h10-12,17,22,27H,4-9,13-16,18-19,26H2,1-3H3,(H,28,32)/b12-10+,20-11+. The van der Waals surface area contributed by atoms with E-state index in [1.54, 1.807) is 0 Å². The van der Waals surface area contributed by atoms with Crippen molar-refractivity contribution < 1.29 is 4.79 Å². The van der Waals surface area contributed by atoms with Crippen LogP contribution in [0.2, 0.25) is 0 Å². The highest BCUT2D eigenvalue weighted by atomic mass is 16.2.